The molecule has 0 saturated heterocycles. The zero-order valence-electron chi connectivity index (χ0n) is 20.8. The van der Waals surface area contributed by atoms with Crippen molar-refractivity contribution in [3.63, 3.8) is 0 Å². The van der Waals surface area contributed by atoms with Crippen LogP contribution in [-0.4, -0.2) is 33.0 Å². The molecule has 0 N–H and O–H groups in total. The molecule has 2 aromatic heterocycles. The minimum absolute atomic E-state index is 0.101. The Bertz CT molecular complexity index is 1650. The van der Waals surface area contributed by atoms with Crippen LogP contribution in [0, 0.1) is 0 Å². The van der Waals surface area contributed by atoms with E-state index in [1.54, 1.807) is 56.7 Å². The molecule has 0 radical (unpaired) electrons. The highest BCUT2D eigenvalue weighted by atomic mass is 32.2. The number of fused-ring (bicyclic) bond motifs is 1. The topological polar surface area (TPSA) is 93.0 Å². The van der Waals surface area contributed by atoms with Gasteiger partial charge in [-0.05, 0) is 73.7 Å². The van der Waals surface area contributed by atoms with Crippen LogP contribution >= 0.6 is 11.3 Å². The van der Waals surface area contributed by atoms with Gasteiger partial charge in [-0.25, -0.2) is 13.4 Å². The summed E-state index contributed by atoms with van der Waals surface area (Å²) in [6.45, 7) is 2.22. The van der Waals surface area contributed by atoms with Crippen molar-refractivity contribution in [2.24, 2.45) is 0 Å². The van der Waals surface area contributed by atoms with Gasteiger partial charge in [0.05, 0.1) is 40.7 Å². The summed E-state index contributed by atoms with van der Waals surface area (Å²) in [6, 6.07) is 24.0. The number of hydrogen-bond acceptors (Lipinski definition) is 7. The van der Waals surface area contributed by atoms with Crippen LogP contribution in [0.1, 0.15) is 23.0 Å². The van der Waals surface area contributed by atoms with Crippen molar-refractivity contribution in [1.82, 2.24) is 4.98 Å². The number of para-hydroxylation sites is 1. The number of anilines is 2. The van der Waals surface area contributed by atoms with E-state index in [1.165, 1.54) is 44.8 Å². The first-order valence-electron chi connectivity index (χ1n) is 11.9. The summed E-state index contributed by atoms with van der Waals surface area (Å²) in [6.07, 6.45) is 1.55. The summed E-state index contributed by atoms with van der Waals surface area (Å²) in [5, 5.41) is 0.493. The van der Waals surface area contributed by atoms with Gasteiger partial charge in [0.1, 0.15) is 11.5 Å². The molecule has 0 aliphatic heterocycles. The van der Waals surface area contributed by atoms with Crippen LogP contribution in [0.2, 0.25) is 0 Å². The maximum absolute atomic E-state index is 13.7. The maximum Gasteiger partial charge on any atom is 0.264 e. The molecule has 10 heteroatoms. The molecule has 3 aromatic carbocycles. The fourth-order valence-electron chi connectivity index (χ4n) is 4.06. The Morgan fingerprint density at radius 2 is 1.76 bits per heavy atom. The zero-order chi connectivity index (χ0) is 26.7. The van der Waals surface area contributed by atoms with Crippen LogP contribution in [0.15, 0.2) is 101 Å². The first-order chi connectivity index (χ1) is 18.4. The Morgan fingerprint density at radius 1 is 1.00 bits per heavy atom. The van der Waals surface area contributed by atoms with Gasteiger partial charge in [-0.15, -0.1) is 0 Å². The lowest BCUT2D eigenvalue weighted by Gasteiger charge is -2.23. The number of benzene rings is 3. The summed E-state index contributed by atoms with van der Waals surface area (Å²) in [5.41, 5.74) is 1.65. The molecule has 0 spiro atoms. The van der Waals surface area contributed by atoms with Crippen molar-refractivity contribution in [2.45, 2.75) is 18.4 Å². The highest BCUT2D eigenvalue weighted by molar-refractivity contribution is 7.92. The number of nitrogens with zero attached hydrogens (tertiary/aromatic N) is 3. The normalized spacial score (nSPS) is 11.4. The lowest BCUT2D eigenvalue weighted by atomic mass is 10.2. The first kappa shape index (κ1) is 25.5. The number of sulfonamides is 1. The van der Waals surface area contributed by atoms with E-state index in [0.717, 1.165) is 10.2 Å². The molecule has 0 bridgehead atoms. The standard InChI is InChI=1S/C28H25N3O5S2/c1-3-31(21-8-5-4-6-9-21)38(33,34)24-14-11-20(12-15-24)27(32)30(19-23-10-7-17-36-23)28-29-25-16-13-22(35-2)18-26(25)37-28/h4-18H,3,19H2,1-2H3. The van der Waals surface area contributed by atoms with Gasteiger partial charge >= 0.3 is 0 Å². The zero-order valence-corrected chi connectivity index (χ0v) is 22.4. The van der Waals surface area contributed by atoms with Crippen molar-refractivity contribution >= 4 is 48.3 Å². The monoisotopic (exact) mass is 547 g/mol. The Morgan fingerprint density at radius 3 is 2.42 bits per heavy atom. The van der Waals surface area contributed by atoms with E-state index in [9.17, 15) is 13.2 Å². The predicted octanol–water partition coefficient (Wildman–Crippen LogP) is 5.96. The lowest BCUT2D eigenvalue weighted by molar-refractivity contribution is 0.0983. The molecule has 0 unspecified atom stereocenters. The van der Waals surface area contributed by atoms with Crippen molar-refractivity contribution in [3.05, 3.63) is 103 Å². The molecule has 0 atom stereocenters. The van der Waals surface area contributed by atoms with Crippen molar-refractivity contribution < 1.29 is 22.4 Å². The van der Waals surface area contributed by atoms with Crippen LogP contribution in [0.25, 0.3) is 10.2 Å². The molecule has 0 saturated carbocycles. The molecule has 2 heterocycles. The van der Waals surface area contributed by atoms with Gasteiger partial charge in [-0.3, -0.25) is 14.0 Å². The number of hydrogen-bond donors (Lipinski definition) is 0. The molecular formula is C28H25N3O5S2. The van der Waals surface area contributed by atoms with E-state index >= 15 is 0 Å². The number of amides is 1. The fraction of sp³-hybridized carbons (Fsp3) is 0.143. The molecule has 5 rings (SSSR count). The molecule has 0 aliphatic rings. The minimum Gasteiger partial charge on any atom is -0.497 e. The molecule has 5 aromatic rings. The van der Waals surface area contributed by atoms with Gasteiger partial charge in [-0.2, -0.15) is 0 Å². The number of carbonyl (C=O) groups excluding carboxylic acids is 1. The second kappa shape index (κ2) is 10.7. The van der Waals surface area contributed by atoms with Crippen LogP contribution in [-0.2, 0) is 16.6 Å². The van der Waals surface area contributed by atoms with Crippen LogP contribution in [0.5, 0.6) is 5.75 Å². The third-order valence-corrected chi connectivity index (χ3v) is 8.93. The summed E-state index contributed by atoms with van der Waals surface area (Å²) in [5.74, 6) is 0.965. The van der Waals surface area contributed by atoms with Gasteiger partial charge in [0, 0.05) is 12.1 Å². The molecule has 0 fully saturated rings. The number of furan rings is 1. The average molecular weight is 548 g/mol. The largest absolute Gasteiger partial charge is 0.497 e. The quantitative estimate of drug-likeness (QED) is 0.226. The fourth-order valence-corrected chi connectivity index (χ4v) is 6.52. The van der Waals surface area contributed by atoms with Gasteiger partial charge in [0.2, 0.25) is 0 Å². The number of thiazole rings is 1. The van der Waals surface area contributed by atoms with E-state index in [-0.39, 0.29) is 23.9 Å². The highest BCUT2D eigenvalue weighted by Gasteiger charge is 2.26. The third-order valence-electron chi connectivity index (χ3n) is 5.98. The van der Waals surface area contributed by atoms with Gasteiger partial charge in [-0.1, -0.05) is 29.5 Å². The maximum atomic E-state index is 13.7. The second-order valence-electron chi connectivity index (χ2n) is 8.33. The van der Waals surface area contributed by atoms with Crippen LogP contribution < -0.4 is 13.9 Å². The molecule has 38 heavy (non-hydrogen) atoms. The van der Waals surface area contributed by atoms with E-state index < -0.39 is 10.0 Å². The molecule has 194 valence electrons. The minimum atomic E-state index is -3.81. The molecule has 0 aliphatic carbocycles. The third kappa shape index (κ3) is 5.00. The van der Waals surface area contributed by atoms with Crippen molar-refractivity contribution in [1.29, 1.82) is 0 Å². The average Bonchev–Trinajstić information content (AvgIpc) is 3.61. The van der Waals surface area contributed by atoms with Gasteiger partial charge in [0.15, 0.2) is 5.13 Å². The smallest absolute Gasteiger partial charge is 0.264 e. The summed E-state index contributed by atoms with van der Waals surface area (Å²) in [4.78, 5) is 20.0. The van der Waals surface area contributed by atoms with E-state index in [1.807, 2.05) is 24.3 Å². The molecule has 8 nitrogen and oxygen atoms in total. The number of aromatic nitrogens is 1. The van der Waals surface area contributed by atoms with E-state index in [4.69, 9.17) is 9.15 Å². The molecular weight excluding hydrogens is 522 g/mol. The number of rotatable bonds is 9. The van der Waals surface area contributed by atoms with E-state index in [0.29, 0.717) is 27.9 Å². The molecule has 1 amide bonds. The summed E-state index contributed by atoms with van der Waals surface area (Å²) in [7, 11) is -2.22. The van der Waals surface area contributed by atoms with Gasteiger partial charge in [0.25, 0.3) is 15.9 Å². The number of ether oxygens (including phenoxy) is 1. The van der Waals surface area contributed by atoms with Crippen LogP contribution in [0.4, 0.5) is 10.8 Å². The number of carbonyl (C=O) groups is 1. The Labute approximate surface area is 224 Å². The van der Waals surface area contributed by atoms with Crippen molar-refractivity contribution in [3.8, 4) is 5.75 Å². The summed E-state index contributed by atoms with van der Waals surface area (Å²) < 4.78 is 39.8. The lowest BCUT2D eigenvalue weighted by Crippen LogP contribution is -2.31. The van der Waals surface area contributed by atoms with Crippen LogP contribution in [0.3, 0.4) is 0 Å². The van der Waals surface area contributed by atoms with Gasteiger partial charge < -0.3 is 9.15 Å². The number of methoxy groups -OCH3 is 1. The second-order valence-corrected chi connectivity index (χ2v) is 11.2. The van der Waals surface area contributed by atoms with Crippen molar-refractivity contribution in [2.75, 3.05) is 22.9 Å². The first-order valence-corrected chi connectivity index (χ1v) is 14.1. The Balaban J connectivity index is 1.47. The summed E-state index contributed by atoms with van der Waals surface area (Å²) >= 11 is 1.36. The predicted molar refractivity (Wildman–Crippen MR) is 148 cm³/mol. The Kier molecular flexibility index (Phi) is 7.17. The van der Waals surface area contributed by atoms with E-state index in [2.05, 4.69) is 4.98 Å². The highest BCUT2D eigenvalue weighted by Crippen LogP contribution is 2.33. The Hall–Kier alpha value is -4.15. The SMILES string of the molecule is CCN(c1ccccc1)S(=O)(=O)c1ccc(C(=O)N(Cc2ccco2)c2nc3ccc(OC)cc3s2)cc1.